The predicted octanol–water partition coefficient (Wildman–Crippen LogP) is 4.29. The third kappa shape index (κ3) is 6.41. The second-order valence-electron chi connectivity index (χ2n) is 4.94. The molecule has 0 radical (unpaired) electrons. The molecule has 0 atom stereocenters. The van der Waals surface area contributed by atoms with Crippen LogP contribution in [0.25, 0.3) is 0 Å². The molecule has 0 aliphatic heterocycles. The second kappa shape index (κ2) is 9.70. The zero-order valence-electron chi connectivity index (χ0n) is 12.2. The molecule has 0 aliphatic rings. The molecule has 116 valence electrons. The van der Waals surface area contributed by atoms with Gasteiger partial charge in [0.05, 0.1) is 10.5 Å². The number of nitro groups is 1. The molecule has 0 unspecified atom stereocenters. The Balaban J connectivity index is 2.41. The van der Waals surface area contributed by atoms with Gasteiger partial charge < -0.3 is 5.32 Å². The van der Waals surface area contributed by atoms with Crippen LogP contribution in [0.5, 0.6) is 0 Å². The summed E-state index contributed by atoms with van der Waals surface area (Å²) in [4.78, 5) is 22.3. The molecule has 5 nitrogen and oxygen atoms in total. The first-order valence-corrected chi connectivity index (χ1v) is 8.36. The van der Waals surface area contributed by atoms with Gasteiger partial charge in [-0.15, -0.1) is 0 Å². The van der Waals surface area contributed by atoms with Crippen LogP contribution in [0.1, 0.15) is 55.8 Å². The summed E-state index contributed by atoms with van der Waals surface area (Å²) >= 11 is 2.02. The lowest BCUT2D eigenvalue weighted by atomic mass is 10.1. The number of nitro benzene ring substituents is 1. The monoisotopic (exact) mass is 404 g/mol. The highest BCUT2D eigenvalue weighted by molar-refractivity contribution is 14.1. The summed E-state index contributed by atoms with van der Waals surface area (Å²) in [5, 5.41) is 13.6. The zero-order chi connectivity index (χ0) is 15.7. The molecule has 1 rings (SSSR count). The molecule has 0 saturated carbocycles. The van der Waals surface area contributed by atoms with E-state index in [9.17, 15) is 14.9 Å². The fourth-order valence-electron chi connectivity index (χ4n) is 2.00. The van der Waals surface area contributed by atoms with Gasteiger partial charge in [-0.3, -0.25) is 14.9 Å². The lowest BCUT2D eigenvalue weighted by Crippen LogP contribution is -2.25. The van der Waals surface area contributed by atoms with Gasteiger partial charge in [-0.1, -0.05) is 39.0 Å². The Labute approximate surface area is 138 Å². The van der Waals surface area contributed by atoms with Crippen LogP contribution in [-0.4, -0.2) is 17.4 Å². The molecule has 0 fully saturated rings. The van der Waals surface area contributed by atoms with Gasteiger partial charge in [0.25, 0.3) is 11.6 Å². The summed E-state index contributed by atoms with van der Waals surface area (Å²) in [6.45, 7) is 2.80. The molecule has 1 N–H and O–H groups in total. The predicted molar refractivity (Wildman–Crippen MR) is 91.5 cm³/mol. The lowest BCUT2D eigenvalue weighted by molar-refractivity contribution is -0.384. The third-order valence-corrected chi connectivity index (χ3v) is 4.16. The quantitative estimate of drug-likeness (QED) is 0.289. The molecule has 1 aromatic carbocycles. The number of hydrogen-bond donors (Lipinski definition) is 1. The van der Waals surface area contributed by atoms with Crippen LogP contribution >= 0.6 is 22.6 Å². The van der Waals surface area contributed by atoms with Crippen LogP contribution in [0.4, 0.5) is 5.69 Å². The number of benzene rings is 1. The molecular formula is C15H21IN2O3. The van der Waals surface area contributed by atoms with E-state index in [1.54, 1.807) is 6.07 Å². The number of amides is 1. The highest BCUT2D eigenvalue weighted by atomic mass is 127. The molecule has 0 bridgehead atoms. The highest BCUT2D eigenvalue weighted by Gasteiger charge is 2.14. The zero-order valence-corrected chi connectivity index (χ0v) is 14.4. The van der Waals surface area contributed by atoms with Crippen LogP contribution in [0.15, 0.2) is 18.2 Å². The number of carbonyl (C=O) groups excluding carboxylic acids is 1. The highest BCUT2D eigenvalue weighted by Crippen LogP contribution is 2.19. The fourth-order valence-corrected chi connectivity index (χ4v) is 2.58. The van der Waals surface area contributed by atoms with Crippen LogP contribution in [0.3, 0.4) is 0 Å². The number of halogens is 1. The molecule has 0 aliphatic carbocycles. The van der Waals surface area contributed by atoms with Crippen molar-refractivity contribution >= 4 is 34.2 Å². The van der Waals surface area contributed by atoms with E-state index in [2.05, 4.69) is 12.2 Å². The number of carbonyl (C=O) groups is 1. The van der Waals surface area contributed by atoms with Gasteiger partial charge in [0.2, 0.25) is 0 Å². The van der Waals surface area contributed by atoms with Crippen LogP contribution in [0.2, 0.25) is 0 Å². The van der Waals surface area contributed by atoms with E-state index in [0.29, 0.717) is 12.1 Å². The number of nitrogens with zero attached hydrogens (tertiary/aromatic N) is 1. The molecule has 0 aromatic heterocycles. The van der Waals surface area contributed by atoms with Gasteiger partial charge in [0, 0.05) is 22.2 Å². The van der Waals surface area contributed by atoms with Crippen molar-refractivity contribution in [2.75, 3.05) is 6.54 Å². The van der Waals surface area contributed by atoms with Crippen molar-refractivity contribution < 1.29 is 9.72 Å². The fraction of sp³-hybridized carbons (Fsp3) is 0.533. The number of hydrogen-bond acceptors (Lipinski definition) is 3. The molecule has 0 saturated heterocycles. The normalized spacial score (nSPS) is 10.4. The largest absolute Gasteiger partial charge is 0.352 e. The summed E-state index contributed by atoms with van der Waals surface area (Å²) in [5.74, 6) is -0.239. The Bertz CT molecular complexity index is 492. The van der Waals surface area contributed by atoms with Crippen molar-refractivity contribution in [3.05, 3.63) is 37.4 Å². The minimum Gasteiger partial charge on any atom is -0.352 e. The van der Waals surface area contributed by atoms with Crippen LogP contribution in [0, 0.1) is 13.7 Å². The SMILES string of the molecule is CCCCCCCCNC(=O)c1cc([N+](=O)[O-])ccc1I. The molecule has 21 heavy (non-hydrogen) atoms. The number of unbranched alkanes of at least 4 members (excludes halogenated alkanes) is 5. The Morgan fingerprint density at radius 3 is 2.57 bits per heavy atom. The van der Waals surface area contributed by atoms with Crippen molar-refractivity contribution in [1.82, 2.24) is 5.32 Å². The Morgan fingerprint density at radius 1 is 1.24 bits per heavy atom. The van der Waals surface area contributed by atoms with Crippen molar-refractivity contribution in [2.45, 2.75) is 45.4 Å². The van der Waals surface area contributed by atoms with Crippen molar-refractivity contribution in [3.8, 4) is 0 Å². The van der Waals surface area contributed by atoms with Crippen LogP contribution < -0.4 is 5.32 Å². The number of non-ortho nitro benzene ring substituents is 1. The summed E-state index contributed by atoms with van der Waals surface area (Å²) in [6.07, 6.45) is 6.97. The topological polar surface area (TPSA) is 72.2 Å². The average molecular weight is 404 g/mol. The smallest absolute Gasteiger partial charge is 0.270 e. The first kappa shape index (κ1) is 17.9. The summed E-state index contributed by atoms with van der Waals surface area (Å²) in [5.41, 5.74) is 0.316. The number of rotatable bonds is 9. The maximum Gasteiger partial charge on any atom is 0.270 e. The summed E-state index contributed by atoms with van der Waals surface area (Å²) in [6, 6.07) is 4.34. The Hall–Kier alpha value is -1.18. The second-order valence-corrected chi connectivity index (χ2v) is 6.11. The van der Waals surface area contributed by atoms with E-state index >= 15 is 0 Å². The Morgan fingerprint density at radius 2 is 1.90 bits per heavy atom. The third-order valence-electron chi connectivity index (χ3n) is 3.22. The van der Waals surface area contributed by atoms with Gasteiger partial charge in [0.15, 0.2) is 0 Å². The first-order chi connectivity index (χ1) is 10.1. The van der Waals surface area contributed by atoms with E-state index in [1.807, 2.05) is 22.6 Å². The molecule has 6 heteroatoms. The molecule has 0 spiro atoms. The first-order valence-electron chi connectivity index (χ1n) is 7.28. The summed E-state index contributed by atoms with van der Waals surface area (Å²) in [7, 11) is 0. The lowest BCUT2D eigenvalue weighted by Gasteiger charge is -2.07. The van der Waals surface area contributed by atoms with E-state index < -0.39 is 4.92 Å². The van der Waals surface area contributed by atoms with E-state index in [0.717, 1.165) is 16.4 Å². The molecule has 0 heterocycles. The van der Waals surface area contributed by atoms with Crippen LogP contribution in [-0.2, 0) is 0 Å². The van der Waals surface area contributed by atoms with Crippen molar-refractivity contribution in [3.63, 3.8) is 0 Å². The molecule has 1 amide bonds. The van der Waals surface area contributed by atoms with Gasteiger partial charge in [-0.05, 0) is 35.1 Å². The van der Waals surface area contributed by atoms with Crippen molar-refractivity contribution in [2.24, 2.45) is 0 Å². The maximum atomic E-state index is 12.0. The van der Waals surface area contributed by atoms with Gasteiger partial charge in [-0.2, -0.15) is 0 Å². The van der Waals surface area contributed by atoms with E-state index in [4.69, 9.17) is 0 Å². The van der Waals surface area contributed by atoms with E-state index in [-0.39, 0.29) is 11.6 Å². The molecule has 1 aromatic rings. The number of nitrogens with one attached hydrogen (secondary N) is 1. The van der Waals surface area contributed by atoms with Gasteiger partial charge in [0.1, 0.15) is 0 Å². The average Bonchev–Trinajstić information content (AvgIpc) is 2.46. The van der Waals surface area contributed by atoms with E-state index in [1.165, 1.54) is 37.8 Å². The van der Waals surface area contributed by atoms with Crippen molar-refractivity contribution in [1.29, 1.82) is 0 Å². The Kier molecular flexibility index (Phi) is 8.26. The summed E-state index contributed by atoms with van der Waals surface area (Å²) < 4.78 is 0.721. The van der Waals surface area contributed by atoms with Gasteiger partial charge >= 0.3 is 0 Å². The minimum atomic E-state index is -0.486. The van der Waals surface area contributed by atoms with Gasteiger partial charge in [-0.25, -0.2) is 0 Å². The molecular weight excluding hydrogens is 383 g/mol. The minimum absolute atomic E-state index is 0.0554. The standard InChI is InChI=1S/C15H21IN2O3/c1-2-3-4-5-6-7-10-17-15(19)13-11-12(18(20)21)8-9-14(13)16/h8-9,11H,2-7,10H2,1H3,(H,17,19). The maximum absolute atomic E-state index is 12.0.